The first-order chi connectivity index (χ1) is 12.0. The quantitative estimate of drug-likeness (QED) is 0.812. The Hall–Kier alpha value is -2.09. The molecule has 0 radical (unpaired) electrons. The number of halogens is 1. The van der Waals surface area contributed by atoms with E-state index in [4.69, 9.17) is 5.73 Å². The lowest BCUT2D eigenvalue weighted by atomic mass is 10.1. The minimum absolute atomic E-state index is 0. The molecule has 0 bridgehead atoms. The zero-order valence-electron chi connectivity index (χ0n) is 14.2. The molecule has 3 rings (SSSR count). The Labute approximate surface area is 159 Å². The third-order valence-corrected chi connectivity index (χ3v) is 5.74. The minimum atomic E-state index is -3.68. The molecule has 1 aliphatic heterocycles. The number of rotatable bonds is 5. The molecular weight excluding hydrogens is 374 g/mol. The van der Waals surface area contributed by atoms with E-state index < -0.39 is 10.0 Å². The maximum Gasteiger partial charge on any atom is 0.261 e. The predicted molar refractivity (Wildman–Crippen MR) is 104 cm³/mol. The molecule has 26 heavy (non-hydrogen) atoms. The molecule has 6 nitrogen and oxygen atoms in total. The molecule has 2 aromatic carbocycles. The lowest BCUT2D eigenvalue weighted by Gasteiger charge is -2.16. The molecule has 1 unspecified atom stereocenters. The number of anilines is 1. The van der Waals surface area contributed by atoms with E-state index in [-0.39, 0.29) is 23.2 Å². The Kier molecular flexibility index (Phi) is 6.63. The molecule has 2 aromatic rings. The van der Waals surface area contributed by atoms with Crippen molar-refractivity contribution >= 4 is 34.0 Å². The van der Waals surface area contributed by atoms with Crippen LogP contribution in [0.4, 0.5) is 5.69 Å². The van der Waals surface area contributed by atoms with Crippen LogP contribution in [0.1, 0.15) is 16.8 Å². The van der Waals surface area contributed by atoms with E-state index in [9.17, 15) is 13.2 Å². The Balaban J connectivity index is 0.00000243. The van der Waals surface area contributed by atoms with Gasteiger partial charge < -0.3 is 10.6 Å². The maximum atomic E-state index is 12.5. The first kappa shape index (κ1) is 20.2. The molecule has 0 saturated carbocycles. The van der Waals surface area contributed by atoms with Gasteiger partial charge in [0.15, 0.2) is 0 Å². The van der Waals surface area contributed by atoms with E-state index >= 15 is 0 Å². The van der Waals surface area contributed by atoms with Crippen LogP contribution in [-0.2, 0) is 10.0 Å². The van der Waals surface area contributed by atoms with Gasteiger partial charge in [-0.15, -0.1) is 12.4 Å². The van der Waals surface area contributed by atoms with Gasteiger partial charge in [0, 0.05) is 24.3 Å². The molecule has 1 atom stereocenters. The fraction of sp³-hybridized carbons (Fsp3) is 0.278. The van der Waals surface area contributed by atoms with Gasteiger partial charge in [-0.2, -0.15) is 0 Å². The first-order valence-electron chi connectivity index (χ1n) is 8.17. The molecule has 1 heterocycles. The van der Waals surface area contributed by atoms with Gasteiger partial charge in [-0.1, -0.05) is 18.2 Å². The van der Waals surface area contributed by atoms with Crippen molar-refractivity contribution in [2.75, 3.05) is 24.4 Å². The molecule has 140 valence electrons. The van der Waals surface area contributed by atoms with Crippen molar-refractivity contribution in [2.24, 2.45) is 11.7 Å². The molecule has 1 saturated heterocycles. The summed E-state index contributed by atoms with van der Waals surface area (Å²) in [4.78, 5) is 14.4. The number of hydrogen-bond donors (Lipinski definition) is 2. The highest BCUT2D eigenvalue weighted by molar-refractivity contribution is 7.92. The van der Waals surface area contributed by atoms with Gasteiger partial charge in [-0.3, -0.25) is 9.52 Å². The lowest BCUT2D eigenvalue weighted by Crippen LogP contribution is -2.29. The third kappa shape index (κ3) is 4.55. The van der Waals surface area contributed by atoms with Gasteiger partial charge in [-0.25, -0.2) is 8.42 Å². The van der Waals surface area contributed by atoms with Crippen LogP contribution >= 0.6 is 12.4 Å². The Morgan fingerprint density at radius 1 is 1.12 bits per heavy atom. The first-order valence-corrected chi connectivity index (χ1v) is 9.65. The molecule has 0 aliphatic carbocycles. The van der Waals surface area contributed by atoms with Crippen molar-refractivity contribution < 1.29 is 13.2 Å². The van der Waals surface area contributed by atoms with Crippen molar-refractivity contribution in [1.29, 1.82) is 0 Å². The molecule has 1 aliphatic rings. The van der Waals surface area contributed by atoms with Crippen LogP contribution in [0, 0.1) is 5.92 Å². The number of likely N-dealkylation sites (tertiary alicyclic amines) is 1. The minimum Gasteiger partial charge on any atom is -0.338 e. The molecule has 1 amide bonds. The van der Waals surface area contributed by atoms with E-state index in [1.54, 1.807) is 41.3 Å². The Bertz CT molecular complexity index is 842. The topological polar surface area (TPSA) is 92.5 Å². The zero-order valence-corrected chi connectivity index (χ0v) is 15.8. The fourth-order valence-electron chi connectivity index (χ4n) is 2.89. The summed E-state index contributed by atoms with van der Waals surface area (Å²) in [6, 6.07) is 14.7. The summed E-state index contributed by atoms with van der Waals surface area (Å²) >= 11 is 0. The molecule has 8 heteroatoms. The highest BCUT2D eigenvalue weighted by atomic mass is 35.5. The Morgan fingerprint density at radius 3 is 2.35 bits per heavy atom. The number of carbonyl (C=O) groups excluding carboxylic acids is 1. The van der Waals surface area contributed by atoms with Crippen molar-refractivity contribution in [2.45, 2.75) is 11.3 Å². The van der Waals surface area contributed by atoms with Gasteiger partial charge in [-0.05, 0) is 55.3 Å². The molecule has 0 spiro atoms. The normalized spacial score (nSPS) is 16.8. The van der Waals surface area contributed by atoms with Crippen LogP contribution in [0.3, 0.4) is 0 Å². The number of nitrogens with one attached hydrogen (secondary N) is 1. The number of sulfonamides is 1. The summed E-state index contributed by atoms with van der Waals surface area (Å²) in [6.07, 6.45) is 0.912. The van der Waals surface area contributed by atoms with E-state index in [1.165, 1.54) is 12.1 Å². The van der Waals surface area contributed by atoms with Crippen LogP contribution in [0.2, 0.25) is 0 Å². The summed E-state index contributed by atoms with van der Waals surface area (Å²) in [6.45, 7) is 1.92. The van der Waals surface area contributed by atoms with Crippen LogP contribution < -0.4 is 10.5 Å². The average Bonchev–Trinajstić information content (AvgIpc) is 3.11. The SMILES string of the molecule is Cl.NCC1CCN(C(=O)c2ccc(S(=O)(=O)Nc3ccccc3)cc2)C1. The Morgan fingerprint density at radius 2 is 1.77 bits per heavy atom. The van der Waals surface area contributed by atoms with E-state index in [1.807, 2.05) is 6.07 Å². The molecule has 0 aromatic heterocycles. The summed E-state index contributed by atoms with van der Waals surface area (Å²) < 4.78 is 27.3. The maximum absolute atomic E-state index is 12.5. The van der Waals surface area contributed by atoms with Crippen molar-refractivity contribution in [3.63, 3.8) is 0 Å². The number of nitrogens with zero attached hydrogens (tertiary/aromatic N) is 1. The van der Waals surface area contributed by atoms with Gasteiger partial charge >= 0.3 is 0 Å². The number of hydrogen-bond acceptors (Lipinski definition) is 4. The number of benzene rings is 2. The molecule has 1 fully saturated rings. The summed E-state index contributed by atoms with van der Waals surface area (Å²) in [5.74, 6) is 0.259. The second-order valence-corrected chi connectivity index (χ2v) is 7.82. The van der Waals surface area contributed by atoms with Crippen LogP contribution in [-0.4, -0.2) is 38.9 Å². The predicted octanol–water partition coefficient (Wildman–Crippen LogP) is 2.33. The zero-order chi connectivity index (χ0) is 17.9. The second-order valence-electron chi connectivity index (χ2n) is 6.14. The summed E-state index contributed by atoms with van der Waals surface area (Å²) in [7, 11) is -3.68. The molecule has 3 N–H and O–H groups in total. The fourth-order valence-corrected chi connectivity index (χ4v) is 3.95. The summed E-state index contributed by atoms with van der Waals surface area (Å²) in [5, 5.41) is 0. The lowest BCUT2D eigenvalue weighted by molar-refractivity contribution is 0.0787. The van der Waals surface area contributed by atoms with Gasteiger partial charge in [0.2, 0.25) is 0 Å². The van der Waals surface area contributed by atoms with Gasteiger partial charge in [0.1, 0.15) is 0 Å². The van der Waals surface area contributed by atoms with Gasteiger partial charge in [0.25, 0.3) is 15.9 Å². The van der Waals surface area contributed by atoms with Crippen LogP contribution in [0.25, 0.3) is 0 Å². The van der Waals surface area contributed by atoms with E-state index in [0.29, 0.717) is 36.8 Å². The average molecular weight is 396 g/mol. The van der Waals surface area contributed by atoms with Crippen LogP contribution in [0.5, 0.6) is 0 Å². The third-order valence-electron chi connectivity index (χ3n) is 4.34. The van der Waals surface area contributed by atoms with Crippen molar-refractivity contribution in [3.05, 3.63) is 60.2 Å². The summed E-state index contributed by atoms with van der Waals surface area (Å²) in [5.41, 5.74) is 6.63. The van der Waals surface area contributed by atoms with Crippen molar-refractivity contribution in [1.82, 2.24) is 4.90 Å². The van der Waals surface area contributed by atoms with Gasteiger partial charge in [0.05, 0.1) is 4.90 Å². The molecular formula is C18H22ClN3O3S. The monoisotopic (exact) mass is 395 g/mol. The van der Waals surface area contributed by atoms with E-state index in [2.05, 4.69) is 4.72 Å². The standard InChI is InChI=1S/C18H21N3O3S.ClH/c19-12-14-10-11-21(13-14)18(22)15-6-8-17(9-7-15)25(23,24)20-16-4-2-1-3-5-16;/h1-9,14,20H,10-13,19H2;1H. The number of nitrogens with two attached hydrogens (primary N) is 1. The highest BCUT2D eigenvalue weighted by Crippen LogP contribution is 2.20. The number of amides is 1. The second kappa shape index (κ2) is 8.53. The van der Waals surface area contributed by atoms with E-state index in [0.717, 1.165) is 6.42 Å². The highest BCUT2D eigenvalue weighted by Gasteiger charge is 2.26. The largest absolute Gasteiger partial charge is 0.338 e. The smallest absolute Gasteiger partial charge is 0.261 e. The number of para-hydroxylation sites is 1. The van der Waals surface area contributed by atoms with Crippen LogP contribution in [0.15, 0.2) is 59.5 Å². The number of carbonyl (C=O) groups is 1. The van der Waals surface area contributed by atoms with Crippen molar-refractivity contribution in [3.8, 4) is 0 Å².